The van der Waals surface area contributed by atoms with Gasteiger partial charge in [0, 0.05) is 29.0 Å². The third-order valence-corrected chi connectivity index (χ3v) is 5.74. The number of amides is 3. The van der Waals surface area contributed by atoms with E-state index in [4.69, 9.17) is 14.5 Å². The second-order valence-corrected chi connectivity index (χ2v) is 9.83. The standard InChI is InChI=1S/C27H33N5O4/c1-27(2,3)30-26(34)32(20-8-9-20)17-24(33)29-25-28-23(18-6-12-21(35-4)13-7-18)16-31(25)19-10-14-22(36-5)15-11-19/h6-7,10-16,20H,8-9,17H2,1-5H3,(H,30,34)(H,28,29,33). The van der Waals surface area contributed by atoms with Gasteiger partial charge in [0.1, 0.15) is 18.0 Å². The molecule has 3 amide bonds. The Balaban J connectivity index is 1.60. The van der Waals surface area contributed by atoms with Gasteiger partial charge in [-0.15, -0.1) is 0 Å². The van der Waals surface area contributed by atoms with Crippen LogP contribution in [-0.4, -0.2) is 58.7 Å². The lowest BCUT2D eigenvalue weighted by atomic mass is 10.1. The molecule has 3 aromatic rings. The number of nitrogens with one attached hydrogen (secondary N) is 2. The van der Waals surface area contributed by atoms with Crippen LogP contribution in [0.1, 0.15) is 33.6 Å². The van der Waals surface area contributed by atoms with E-state index in [1.54, 1.807) is 19.1 Å². The Hall–Kier alpha value is -4.01. The number of hydrogen-bond donors (Lipinski definition) is 2. The molecule has 0 bridgehead atoms. The van der Waals surface area contributed by atoms with Crippen molar-refractivity contribution in [3.05, 3.63) is 54.7 Å². The first-order chi connectivity index (χ1) is 17.2. The summed E-state index contributed by atoms with van der Waals surface area (Å²) in [5.74, 6) is 1.52. The van der Waals surface area contributed by atoms with Crippen LogP contribution in [0.15, 0.2) is 54.7 Å². The molecule has 0 aliphatic heterocycles. The lowest BCUT2D eigenvalue weighted by Crippen LogP contribution is -2.51. The summed E-state index contributed by atoms with van der Waals surface area (Å²) in [7, 11) is 3.23. The first-order valence-electron chi connectivity index (χ1n) is 11.9. The molecule has 0 spiro atoms. The molecule has 1 aromatic heterocycles. The molecule has 2 aromatic carbocycles. The van der Waals surface area contributed by atoms with Gasteiger partial charge in [-0.2, -0.15) is 0 Å². The number of hydrogen-bond acceptors (Lipinski definition) is 5. The van der Waals surface area contributed by atoms with Crippen molar-refractivity contribution in [3.63, 3.8) is 0 Å². The van der Waals surface area contributed by atoms with E-state index in [9.17, 15) is 9.59 Å². The number of anilines is 1. The highest BCUT2D eigenvalue weighted by atomic mass is 16.5. The molecule has 1 saturated carbocycles. The van der Waals surface area contributed by atoms with Crippen LogP contribution >= 0.6 is 0 Å². The van der Waals surface area contributed by atoms with Crippen molar-refractivity contribution in [2.75, 3.05) is 26.1 Å². The van der Waals surface area contributed by atoms with Gasteiger partial charge < -0.3 is 19.7 Å². The minimum absolute atomic E-state index is 0.0556. The Labute approximate surface area is 211 Å². The maximum atomic E-state index is 13.1. The molecule has 0 atom stereocenters. The molecule has 1 heterocycles. The summed E-state index contributed by atoms with van der Waals surface area (Å²) in [6.45, 7) is 5.70. The Kier molecular flexibility index (Phi) is 7.19. The second kappa shape index (κ2) is 10.3. The van der Waals surface area contributed by atoms with Crippen LogP contribution < -0.4 is 20.1 Å². The molecule has 190 valence electrons. The number of ether oxygens (including phenoxy) is 2. The Morgan fingerprint density at radius 3 is 2.11 bits per heavy atom. The van der Waals surface area contributed by atoms with Crippen molar-refractivity contribution in [2.45, 2.75) is 45.2 Å². The number of carbonyl (C=O) groups is 2. The zero-order valence-corrected chi connectivity index (χ0v) is 21.4. The van der Waals surface area contributed by atoms with E-state index in [2.05, 4.69) is 10.6 Å². The normalized spacial score (nSPS) is 13.1. The predicted octanol–water partition coefficient (Wildman–Crippen LogP) is 4.47. The van der Waals surface area contributed by atoms with E-state index >= 15 is 0 Å². The van der Waals surface area contributed by atoms with Crippen molar-refractivity contribution in [3.8, 4) is 28.4 Å². The van der Waals surface area contributed by atoms with Gasteiger partial charge in [0.05, 0.1) is 19.9 Å². The fourth-order valence-electron chi connectivity index (χ4n) is 3.77. The number of rotatable bonds is 8. The summed E-state index contributed by atoms with van der Waals surface area (Å²) in [5.41, 5.74) is 1.98. The van der Waals surface area contributed by atoms with Gasteiger partial charge in [-0.25, -0.2) is 9.78 Å². The first kappa shape index (κ1) is 25.1. The summed E-state index contributed by atoms with van der Waals surface area (Å²) < 4.78 is 12.3. The topological polar surface area (TPSA) is 97.7 Å². The van der Waals surface area contributed by atoms with E-state index in [-0.39, 0.29) is 24.5 Å². The summed E-state index contributed by atoms with van der Waals surface area (Å²) in [6.07, 6.45) is 3.66. The molecule has 1 fully saturated rings. The molecule has 2 N–H and O–H groups in total. The fraction of sp³-hybridized carbons (Fsp3) is 0.370. The van der Waals surface area contributed by atoms with Crippen LogP contribution in [0.3, 0.4) is 0 Å². The van der Waals surface area contributed by atoms with Gasteiger partial charge in [0.2, 0.25) is 11.9 Å². The van der Waals surface area contributed by atoms with Gasteiger partial charge in [-0.3, -0.25) is 14.7 Å². The molecule has 4 rings (SSSR count). The van der Waals surface area contributed by atoms with Crippen molar-refractivity contribution in [2.24, 2.45) is 0 Å². The molecule has 0 unspecified atom stereocenters. The number of imidazole rings is 1. The van der Waals surface area contributed by atoms with Gasteiger partial charge in [-0.1, -0.05) is 0 Å². The lowest BCUT2D eigenvalue weighted by Gasteiger charge is -2.28. The minimum atomic E-state index is -0.390. The number of benzene rings is 2. The highest BCUT2D eigenvalue weighted by Gasteiger charge is 2.35. The van der Waals surface area contributed by atoms with Crippen LogP contribution in [0.5, 0.6) is 11.5 Å². The molecule has 9 nitrogen and oxygen atoms in total. The summed E-state index contributed by atoms with van der Waals surface area (Å²) in [4.78, 5) is 32.2. The molecule has 1 aliphatic carbocycles. The van der Waals surface area contributed by atoms with Crippen LogP contribution in [-0.2, 0) is 4.79 Å². The molecular weight excluding hydrogens is 458 g/mol. The SMILES string of the molecule is COc1ccc(-c2cn(-c3ccc(OC)cc3)c(NC(=O)CN(C(=O)NC(C)(C)C)C3CC3)n2)cc1. The summed E-state index contributed by atoms with van der Waals surface area (Å²) in [6, 6.07) is 14.9. The number of methoxy groups -OCH3 is 2. The predicted molar refractivity (Wildman–Crippen MR) is 139 cm³/mol. The maximum Gasteiger partial charge on any atom is 0.318 e. The van der Waals surface area contributed by atoms with Crippen molar-refractivity contribution in [1.82, 2.24) is 19.8 Å². The van der Waals surface area contributed by atoms with Crippen LogP contribution in [0, 0.1) is 0 Å². The third kappa shape index (κ3) is 6.16. The van der Waals surface area contributed by atoms with Crippen molar-refractivity contribution >= 4 is 17.9 Å². The molecule has 9 heteroatoms. The number of aromatic nitrogens is 2. The van der Waals surface area contributed by atoms with Crippen LogP contribution in [0.25, 0.3) is 16.9 Å². The zero-order valence-electron chi connectivity index (χ0n) is 21.4. The van der Waals surface area contributed by atoms with Gasteiger partial charge >= 0.3 is 6.03 Å². The van der Waals surface area contributed by atoms with Crippen molar-refractivity contribution < 1.29 is 19.1 Å². The van der Waals surface area contributed by atoms with Crippen LogP contribution in [0.2, 0.25) is 0 Å². The van der Waals surface area contributed by atoms with Gasteiger partial charge in [0.25, 0.3) is 0 Å². The third-order valence-electron chi connectivity index (χ3n) is 5.74. The zero-order chi connectivity index (χ0) is 25.9. The monoisotopic (exact) mass is 491 g/mol. The molecule has 0 saturated heterocycles. The maximum absolute atomic E-state index is 13.1. The number of nitrogens with zero attached hydrogens (tertiary/aromatic N) is 3. The second-order valence-electron chi connectivity index (χ2n) is 9.83. The highest BCUT2D eigenvalue weighted by molar-refractivity contribution is 5.94. The van der Waals surface area contributed by atoms with E-state index in [0.717, 1.165) is 35.6 Å². The van der Waals surface area contributed by atoms with E-state index < -0.39 is 5.54 Å². The average Bonchev–Trinajstić information content (AvgIpc) is 3.61. The molecule has 1 aliphatic rings. The van der Waals surface area contributed by atoms with E-state index in [0.29, 0.717) is 11.6 Å². The van der Waals surface area contributed by atoms with Gasteiger partial charge in [0.15, 0.2) is 0 Å². The van der Waals surface area contributed by atoms with E-state index in [1.165, 1.54) is 0 Å². The Morgan fingerprint density at radius 2 is 1.58 bits per heavy atom. The van der Waals surface area contributed by atoms with E-state index in [1.807, 2.05) is 80.1 Å². The fourth-order valence-corrected chi connectivity index (χ4v) is 3.77. The lowest BCUT2D eigenvalue weighted by molar-refractivity contribution is -0.117. The largest absolute Gasteiger partial charge is 0.497 e. The van der Waals surface area contributed by atoms with Crippen LogP contribution in [0.4, 0.5) is 10.7 Å². The summed E-state index contributed by atoms with van der Waals surface area (Å²) >= 11 is 0. The van der Waals surface area contributed by atoms with Crippen molar-refractivity contribution in [1.29, 1.82) is 0 Å². The molecular formula is C27H33N5O4. The summed E-state index contributed by atoms with van der Waals surface area (Å²) in [5, 5.41) is 5.87. The smallest absolute Gasteiger partial charge is 0.318 e. The first-order valence-corrected chi connectivity index (χ1v) is 11.9. The molecule has 36 heavy (non-hydrogen) atoms. The van der Waals surface area contributed by atoms with Gasteiger partial charge in [-0.05, 0) is 82.1 Å². The average molecular weight is 492 g/mol. The molecule has 0 radical (unpaired) electrons. The number of urea groups is 1. The number of carbonyl (C=O) groups excluding carboxylic acids is 2. The Morgan fingerprint density at radius 1 is 1.00 bits per heavy atom. The Bertz CT molecular complexity index is 1210. The highest BCUT2D eigenvalue weighted by Crippen LogP contribution is 2.29. The minimum Gasteiger partial charge on any atom is -0.497 e. The quantitative estimate of drug-likeness (QED) is 0.485.